The van der Waals surface area contributed by atoms with Crippen LogP contribution in [0.25, 0.3) is 0 Å². The Labute approximate surface area is 170 Å². The topological polar surface area (TPSA) is 83.1 Å². The number of urea groups is 1. The molecule has 9 nitrogen and oxygen atoms in total. The highest BCUT2D eigenvalue weighted by Gasteiger charge is 2.23. The van der Waals surface area contributed by atoms with Crippen LogP contribution in [0, 0.1) is 0 Å². The molecule has 154 valence electrons. The van der Waals surface area contributed by atoms with Crippen LogP contribution in [0.1, 0.15) is 0 Å². The zero-order chi connectivity index (χ0) is 20.1. The molecule has 2 aliphatic heterocycles. The summed E-state index contributed by atoms with van der Waals surface area (Å²) in [6, 6.07) is 9.22. The molecule has 1 aromatic carbocycles. The number of hydrogen-bond acceptors (Lipinski definition) is 7. The summed E-state index contributed by atoms with van der Waals surface area (Å²) in [5.74, 6) is 2.28. The van der Waals surface area contributed by atoms with Gasteiger partial charge in [-0.05, 0) is 18.2 Å². The van der Waals surface area contributed by atoms with Crippen molar-refractivity contribution in [3.63, 3.8) is 0 Å². The highest BCUT2D eigenvalue weighted by molar-refractivity contribution is 5.91. The number of amides is 2. The minimum Gasteiger partial charge on any atom is -0.495 e. The van der Waals surface area contributed by atoms with E-state index in [-0.39, 0.29) is 6.03 Å². The number of benzene rings is 1. The second kappa shape index (κ2) is 8.95. The molecule has 0 aliphatic carbocycles. The van der Waals surface area contributed by atoms with Crippen molar-refractivity contribution in [1.29, 1.82) is 0 Å². The fourth-order valence-corrected chi connectivity index (χ4v) is 3.51. The summed E-state index contributed by atoms with van der Waals surface area (Å²) in [7, 11) is 1.59. The standard InChI is InChI=1S/C20H26N6O3/c1-28-17-5-3-2-4-16(17)22-20(27)26-10-8-24(9-11-26)18-6-7-21-19(23-18)25-12-14-29-15-13-25/h2-7H,8-15H2,1H3,(H,22,27). The first kappa shape index (κ1) is 19.3. The molecule has 2 fully saturated rings. The van der Waals surface area contributed by atoms with Gasteiger partial charge in [0.2, 0.25) is 5.95 Å². The Morgan fingerprint density at radius 1 is 1.03 bits per heavy atom. The zero-order valence-electron chi connectivity index (χ0n) is 16.6. The molecule has 0 spiro atoms. The van der Waals surface area contributed by atoms with Crippen LogP contribution < -0.4 is 19.9 Å². The van der Waals surface area contributed by atoms with Gasteiger partial charge in [-0.1, -0.05) is 12.1 Å². The number of morpholine rings is 1. The highest BCUT2D eigenvalue weighted by atomic mass is 16.5. The van der Waals surface area contributed by atoms with E-state index in [1.165, 1.54) is 0 Å². The summed E-state index contributed by atoms with van der Waals surface area (Å²) in [6.07, 6.45) is 1.80. The molecule has 1 N–H and O–H groups in total. The Hall–Kier alpha value is -3.07. The molecule has 0 saturated carbocycles. The number of rotatable bonds is 4. The summed E-state index contributed by atoms with van der Waals surface area (Å²) in [5, 5.41) is 2.94. The molecule has 0 unspecified atom stereocenters. The number of carbonyl (C=O) groups excluding carboxylic acids is 1. The number of nitrogens with one attached hydrogen (secondary N) is 1. The van der Waals surface area contributed by atoms with Crippen molar-refractivity contribution in [3.05, 3.63) is 36.5 Å². The maximum Gasteiger partial charge on any atom is 0.322 e. The monoisotopic (exact) mass is 398 g/mol. The van der Waals surface area contributed by atoms with Gasteiger partial charge in [-0.2, -0.15) is 4.98 Å². The van der Waals surface area contributed by atoms with Crippen molar-refractivity contribution < 1.29 is 14.3 Å². The largest absolute Gasteiger partial charge is 0.495 e. The first-order chi connectivity index (χ1) is 14.2. The maximum absolute atomic E-state index is 12.6. The average molecular weight is 398 g/mol. The molecule has 2 amide bonds. The van der Waals surface area contributed by atoms with E-state index in [1.54, 1.807) is 13.3 Å². The van der Waals surface area contributed by atoms with Crippen LogP contribution in [0.4, 0.5) is 22.2 Å². The lowest BCUT2D eigenvalue weighted by Crippen LogP contribution is -2.50. The maximum atomic E-state index is 12.6. The third-order valence-electron chi connectivity index (χ3n) is 5.16. The molecule has 0 bridgehead atoms. The smallest absolute Gasteiger partial charge is 0.322 e. The lowest BCUT2D eigenvalue weighted by Gasteiger charge is -2.36. The van der Waals surface area contributed by atoms with E-state index in [9.17, 15) is 4.79 Å². The van der Waals surface area contributed by atoms with Crippen molar-refractivity contribution in [2.45, 2.75) is 0 Å². The highest BCUT2D eigenvalue weighted by Crippen LogP contribution is 2.24. The van der Waals surface area contributed by atoms with E-state index in [4.69, 9.17) is 14.5 Å². The lowest BCUT2D eigenvalue weighted by molar-refractivity contribution is 0.122. The second-order valence-corrected chi connectivity index (χ2v) is 6.92. The van der Waals surface area contributed by atoms with Crippen molar-refractivity contribution in [2.75, 3.05) is 74.7 Å². The van der Waals surface area contributed by atoms with E-state index < -0.39 is 0 Å². The lowest BCUT2D eigenvalue weighted by atomic mass is 10.3. The van der Waals surface area contributed by atoms with Crippen LogP contribution in [-0.4, -0.2) is 80.5 Å². The first-order valence-corrected chi connectivity index (χ1v) is 9.84. The summed E-state index contributed by atoms with van der Waals surface area (Å²) in [6.45, 7) is 5.70. The fourth-order valence-electron chi connectivity index (χ4n) is 3.51. The van der Waals surface area contributed by atoms with Gasteiger partial charge in [0, 0.05) is 45.5 Å². The van der Waals surface area contributed by atoms with Crippen LogP contribution >= 0.6 is 0 Å². The molecule has 2 aliphatic rings. The normalized spacial score (nSPS) is 17.2. The quantitative estimate of drug-likeness (QED) is 0.839. The number of nitrogens with zero attached hydrogens (tertiary/aromatic N) is 5. The van der Waals surface area contributed by atoms with Gasteiger partial charge >= 0.3 is 6.03 Å². The van der Waals surface area contributed by atoms with E-state index in [0.717, 1.165) is 37.9 Å². The van der Waals surface area contributed by atoms with Crippen LogP contribution in [0.15, 0.2) is 36.5 Å². The molecule has 3 heterocycles. The number of aromatic nitrogens is 2. The summed E-state index contributed by atoms with van der Waals surface area (Å²) in [5.41, 5.74) is 0.674. The first-order valence-electron chi connectivity index (χ1n) is 9.84. The van der Waals surface area contributed by atoms with Gasteiger partial charge in [-0.3, -0.25) is 0 Å². The Balaban J connectivity index is 1.35. The Kier molecular flexibility index (Phi) is 5.95. The van der Waals surface area contributed by atoms with E-state index >= 15 is 0 Å². The predicted octanol–water partition coefficient (Wildman–Crippen LogP) is 1.68. The Bertz CT molecular complexity index is 834. The molecule has 1 aromatic heterocycles. The third-order valence-corrected chi connectivity index (χ3v) is 5.16. The van der Waals surface area contributed by atoms with Gasteiger partial charge in [0.15, 0.2) is 0 Å². The average Bonchev–Trinajstić information content (AvgIpc) is 2.80. The van der Waals surface area contributed by atoms with Gasteiger partial charge < -0.3 is 29.5 Å². The third kappa shape index (κ3) is 4.51. The minimum absolute atomic E-state index is 0.120. The Morgan fingerprint density at radius 3 is 2.55 bits per heavy atom. The number of carbonyl (C=O) groups is 1. The zero-order valence-corrected chi connectivity index (χ0v) is 16.6. The number of ether oxygens (including phenoxy) is 2. The van der Waals surface area contributed by atoms with E-state index in [1.807, 2.05) is 35.2 Å². The number of piperazine rings is 1. The summed E-state index contributed by atoms with van der Waals surface area (Å²) < 4.78 is 10.7. The molecular formula is C20H26N6O3. The number of methoxy groups -OCH3 is 1. The number of hydrogen-bond donors (Lipinski definition) is 1. The minimum atomic E-state index is -0.120. The molecular weight excluding hydrogens is 372 g/mol. The fraction of sp³-hybridized carbons (Fsp3) is 0.450. The van der Waals surface area contributed by atoms with Gasteiger partial charge in [-0.25, -0.2) is 9.78 Å². The SMILES string of the molecule is COc1ccccc1NC(=O)N1CCN(c2ccnc(N3CCOCC3)n2)CC1. The second-order valence-electron chi connectivity index (χ2n) is 6.92. The van der Waals surface area contributed by atoms with Crippen LogP contribution in [-0.2, 0) is 4.74 Å². The van der Waals surface area contributed by atoms with Gasteiger partial charge in [-0.15, -0.1) is 0 Å². The van der Waals surface area contributed by atoms with E-state index in [2.05, 4.69) is 20.1 Å². The Morgan fingerprint density at radius 2 is 1.79 bits per heavy atom. The number of para-hydroxylation sites is 2. The molecule has 0 atom stereocenters. The van der Waals surface area contributed by atoms with Crippen molar-refractivity contribution in [2.24, 2.45) is 0 Å². The van der Waals surface area contributed by atoms with Crippen molar-refractivity contribution in [3.8, 4) is 5.75 Å². The van der Waals surface area contributed by atoms with Crippen molar-refractivity contribution >= 4 is 23.5 Å². The van der Waals surface area contributed by atoms with Gasteiger partial charge in [0.1, 0.15) is 11.6 Å². The van der Waals surface area contributed by atoms with Crippen LogP contribution in [0.5, 0.6) is 5.75 Å². The molecule has 4 rings (SSSR count). The summed E-state index contributed by atoms with van der Waals surface area (Å²) in [4.78, 5) is 27.9. The molecule has 2 saturated heterocycles. The predicted molar refractivity (Wildman–Crippen MR) is 111 cm³/mol. The van der Waals surface area contributed by atoms with Crippen LogP contribution in [0.3, 0.4) is 0 Å². The number of anilines is 3. The molecule has 9 heteroatoms. The molecule has 0 radical (unpaired) electrons. The van der Waals surface area contributed by atoms with Crippen LogP contribution in [0.2, 0.25) is 0 Å². The molecule has 29 heavy (non-hydrogen) atoms. The van der Waals surface area contributed by atoms with E-state index in [0.29, 0.717) is 37.7 Å². The molecule has 2 aromatic rings. The van der Waals surface area contributed by atoms with Gasteiger partial charge in [0.25, 0.3) is 0 Å². The van der Waals surface area contributed by atoms with Gasteiger partial charge in [0.05, 0.1) is 26.0 Å². The summed E-state index contributed by atoms with van der Waals surface area (Å²) >= 11 is 0. The van der Waals surface area contributed by atoms with Crippen molar-refractivity contribution in [1.82, 2.24) is 14.9 Å².